The Kier molecular flexibility index (Phi) is 18.8. The van der Waals surface area contributed by atoms with Gasteiger partial charge in [0.2, 0.25) is 0 Å². The van der Waals surface area contributed by atoms with Crippen molar-refractivity contribution in [3.8, 4) is 0 Å². The van der Waals surface area contributed by atoms with Gasteiger partial charge in [0.1, 0.15) is 24.4 Å². The Morgan fingerprint density at radius 3 is 1.61 bits per heavy atom. The highest BCUT2D eigenvalue weighted by atomic mass is 31.2. The molecule has 0 aliphatic carbocycles. The molecule has 0 spiro atoms. The molecule has 9 nitrogen and oxygen atoms in total. The lowest BCUT2D eigenvalue weighted by Gasteiger charge is -2.40. The van der Waals surface area contributed by atoms with E-state index < -0.39 is 44.7 Å². The zero-order chi connectivity index (χ0) is 28.4. The Labute approximate surface area is 231 Å². The van der Waals surface area contributed by atoms with Crippen LogP contribution >= 0.6 is 7.60 Å². The van der Waals surface area contributed by atoms with Crippen molar-refractivity contribution in [1.29, 1.82) is 0 Å². The van der Waals surface area contributed by atoms with Gasteiger partial charge in [0.15, 0.2) is 0 Å². The van der Waals surface area contributed by atoms with Crippen LogP contribution in [0.2, 0.25) is 0 Å². The highest BCUT2D eigenvalue weighted by Crippen LogP contribution is 2.35. The van der Waals surface area contributed by atoms with Crippen molar-refractivity contribution >= 4 is 7.60 Å². The molecular formula is C28H59NO8P+. The molecule has 10 heteroatoms. The molecule has 6 N–H and O–H groups in total. The first-order valence-corrected chi connectivity index (χ1v) is 17.0. The van der Waals surface area contributed by atoms with E-state index in [4.69, 9.17) is 4.74 Å². The third-order valence-corrected chi connectivity index (χ3v) is 9.03. The number of hydrogen-bond donors (Lipinski definition) is 6. The molecule has 0 aromatic rings. The van der Waals surface area contributed by atoms with Gasteiger partial charge in [-0.05, 0) is 32.1 Å². The zero-order valence-electron chi connectivity index (χ0n) is 24.1. The monoisotopic (exact) mass is 568 g/mol. The van der Waals surface area contributed by atoms with Crippen LogP contribution in [0.4, 0.5) is 0 Å². The summed E-state index contributed by atoms with van der Waals surface area (Å²) in [5.41, 5.74) is 0. The van der Waals surface area contributed by atoms with Crippen LogP contribution in [0, 0.1) is 0 Å². The average Bonchev–Trinajstić information content (AvgIpc) is 2.86. The molecule has 0 bridgehead atoms. The van der Waals surface area contributed by atoms with Crippen LogP contribution in [0.1, 0.15) is 110 Å². The molecule has 1 heterocycles. The van der Waals surface area contributed by atoms with Crippen molar-refractivity contribution in [2.24, 2.45) is 0 Å². The first-order chi connectivity index (χ1) is 18.0. The fraction of sp³-hybridized carbons (Fsp3) is 1.00. The van der Waals surface area contributed by atoms with Crippen molar-refractivity contribution in [2.75, 3.05) is 39.5 Å². The van der Waals surface area contributed by atoms with E-state index in [2.05, 4.69) is 14.0 Å². The maximum atomic E-state index is 11.4. The summed E-state index contributed by atoms with van der Waals surface area (Å²) in [5, 5.41) is 39.6. The van der Waals surface area contributed by atoms with Crippen LogP contribution in [-0.2, 0) is 9.30 Å². The topological polar surface area (TPSA) is 148 Å². The van der Waals surface area contributed by atoms with Gasteiger partial charge in [-0.15, -0.1) is 0 Å². The maximum Gasteiger partial charge on any atom is 0.325 e. The first kappa shape index (κ1) is 35.9. The molecule has 1 aliphatic rings. The normalized spacial score (nSPS) is 25.9. The maximum absolute atomic E-state index is 11.4. The summed E-state index contributed by atoms with van der Waals surface area (Å²) in [4.78, 5) is 18.6. The largest absolute Gasteiger partial charge is 0.394 e. The second kappa shape index (κ2) is 19.9. The predicted octanol–water partition coefficient (Wildman–Crippen LogP) is 3.71. The summed E-state index contributed by atoms with van der Waals surface area (Å²) in [6.45, 7) is 4.37. The molecular weight excluding hydrogens is 509 g/mol. The molecule has 0 amide bonds. The molecule has 0 aromatic heterocycles. The third kappa shape index (κ3) is 15.6. The van der Waals surface area contributed by atoms with E-state index in [9.17, 15) is 34.8 Å². The van der Waals surface area contributed by atoms with Crippen molar-refractivity contribution in [2.45, 2.75) is 140 Å². The minimum atomic E-state index is -4.01. The lowest BCUT2D eigenvalue weighted by molar-refractivity contribution is -0.910. The van der Waals surface area contributed by atoms with Gasteiger partial charge in [-0.1, -0.05) is 71.1 Å². The van der Waals surface area contributed by atoms with Crippen LogP contribution in [0.3, 0.4) is 0 Å². The first-order valence-electron chi connectivity index (χ1n) is 15.2. The Morgan fingerprint density at radius 1 is 0.658 bits per heavy atom. The highest BCUT2D eigenvalue weighted by molar-refractivity contribution is 7.51. The molecule has 1 aliphatic heterocycles. The average molecular weight is 569 g/mol. The van der Waals surface area contributed by atoms with Crippen LogP contribution in [0.5, 0.6) is 0 Å². The Hall–Kier alpha value is -0.0900. The minimum absolute atomic E-state index is 0.0931. The number of ether oxygens (including phenoxy) is 1. The summed E-state index contributed by atoms with van der Waals surface area (Å²) < 4.78 is 17.7. The van der Waals surface area contributed by atoms with Gasteiger partial charge in [0.25, 0.3) is 0 Å². The van der Waals surface area contributed by atoms with Gasteiger partial charge in [0, 0.05) is 6.42 Å². The summed E-state index contributed by atoms with van der Waals surface area (Å²) >= 11 is 0. The number of quaternary nitrogens is 1. The van der Waals surface area contributed by atoms with Gasteiger partial charge in [-0.25, -0.2) is 0 Å². The summed E-state index contributed by atoms with van der Waals surface area (Å²) in [7, 11) is -1.85. The van der Waals surface area contributed by atoms with E-state index in [-0.39, 0.29) is 6.16 Å². The van der Waals surface area contributed by atoms with E-state index in [1.165, 1.54) is 70.6 Å². The summed E-state index contributed by atoms with van der Waals surface area (Å²) in [6.07, 6.45) is 12.6. The van der Waals surface area contributed by atoms with E-state index in [1.54, 1.807) is 0 Å². The molecule has 1 fully saturated rings. The van der Waals surface area contributed by atoms with Crippen molar-refractivity contribution in [1.82, 2.24) is 0 Å². The highest BCUT2D eigenvalue weighted by Gasteiger charge is 2.42. The van der Waals surface area contributed by atoms with Gasteiger partial charge in [-0.3, -0.25) is 4.57 Å². The van der Waals surface area contributed by atoms with E-state index >= 15 is 0 Å². The zero-order valence-corrected chi connectivity index (χ0v) is 25.0. The quantitative estimate of drug-likeness (QED) is 0.0621. The van der Waals surface area contributed by atoms with Crippen LogP contribution in [0.25, 0.3) is 0 Å². The molecule has 1 unspecified atom stereocenters. The van der Waals surface area contributed by atoms with E-state index in [0.29, 0.717) is 19.4 Å². The minimum Gasteiger partial charge on any atom is -0.394 e. The molecule has 228 valence electrons. The summed E-state index contributed by atoms with van der Waals surface area (Å²) in [6, 6.07) is 0. The number of aliphatic hydroxyl groups is 4. The molecule has 0 aromatic carbocycles. The molecule has 38 heavy (non-hydrogen) atoms. The Bertz CT molecular complexity index is 634. The van der Waals surface area contributed by atoms with E-state index in [1.807, 2.05) is 0 Å². The van der Waals surface area contributed by atoms with Crippen LogP contribution in [0.15, 0.2) is 0 Å². The number of unbranched alkanes of at least 4 members (excludes halogenated alkanes) is 12. The molecule has 1 saturated heterocycles. The predicted molar refractivity (Wildman–Crippen MR) is 151 cm³/mol. The lowest BCUT2D eigenvalue weighted by Crippen LogP contribution is -2.58. The van der Waals surface area contributed by atoms with Gasteiger partial charge in [-0.2, -0.15) is 0 Å². The number of nitrogens with zero attached hydrogens (tertiary/aromatic N) is 1. The van der Waals surface area contributed by atoms with Gasteiger partial charge >= 0.3 is 7.60 Å². The standard InChI is InChI=1S/C28H58NO8P/c1-3-4-5-6-7-8-9-10-11-12-13-15-19-29(2,21-17-22-38(34,35)36)20-16-14-18-24-26(31)28(33)27(32)25(23-30)37-24/h24-28,30-33H,3-23H2,1-2H3,(H-,34,35,36)/p+1/t24-,25+,26-,27+,28+,29?/m0/s1. The summed E-state index contributed by atoms with van der Waals surface area (Å²) in [5.74, 6) is 0. The molecule has 0 radical (unpaired) electrons. The molecule has 0 saturated carbocycles. The Balaban J connectivity index is 2.36. The second-order valence-corrected chi connectivity index (χ2v) is 13.6. The number of hydrogen-bond acceptors (Lipinski definition) is 6. The number of rotatable bonds is 23. The Morgan fingerprint density at radius 2 is 1.11 bits per heavy atom. The third-order valence-electron chi connectivity index (χ3n) is 8.13. The SMILES string of the molecule is CCCCCCCCCCCCCC[N+](C)(CCCC[C@@H]1O[C@H](CO)[C@@H](O)[C@H](O)[C@H]1O)CCCP(=O)(O)O. The van der Waals surface area contributed by atoms with Crippen LogP contribution in [-0.4, -0.2) is 105 Å². The van der Waals surface area contributed by atoms with E-state index in [0.717, 1.165) is 36.8 Å². The van der Waals surface area contributed by atoms with Gasteiger partial charge < -0.3 is 39.4 Å². The van der Waals surface area contributed by atoms with Crippen LogP contribution < -0.4 is 0 Å². The fourth-order valence-corrected chi connectivity index (χ4v) is 6.14. The smallest absolute Gasteiger partial charge is 0.325 e. The van der Waals surface area contributed by atoms with Crippen molar-refractivity contribution in [3.05, 3.63) is 0 Å². The molecule has 1 rings (SSSR count). The number of aliphatic hydroxyl groups excluding tert-OH is 4. The van der Waals surface area contributed by atoms with Gasteiger partial charge in [0.05, 0.1) is 45.6 Å². The molecule has 6 atom stereocenters. The fourth-order valence-electron chi connectivity index (χ4n) is 5.58. The van der Waals surface area contributed by atoms with Crippen molar-refractivity contribution in [3.63, 3.8) is 0 Å². The van der Waals surface area contributed by atoms with Crippen molar-refractivity contribution < 1.29 is 44.0 Å². The second-order valence-electron chi connectivity index (χ2n) is 11.8. The lowest BCUT2D eigenvalue weighted by atomic mass is 9.92.